The number of halogens is 2. The van der Waals surface area contributed by atoms with Crippen molar-refractivity contribution in [1.29, 1.82) is 0 Å². The second-order valence-corrected chi connectivity index (χ2v) is 6.06. The fourth-order valence-electron chi connectivity index (χ4n) is 3.07. The molecule has 0 aliphatic heterocycles. The van der Waals surface area contributed by atoms with Crippen LogP contribution in [-0.2, 0) is 6.42 Å². The number of rotatable bonds is 4. The Kier molecular flexibility index (Phi) is 5.35. The van der Waals surface area contributed by atoms with E-state index < -0.39 is 0 Å². The van der Waals surface area contributed by atoms with E-state index in [4.69, 9.17) is 23.2 Å². The van der Waals surface area contributed by atoms with Crippen LogP contribution < -0.4 is 5.32 Å². The predicted molar refractivity (Wildman–Crippen MR) is 79.5 cm³/mol. The molecule has 2 atom stereocenters. The van der Waals surface area contributed by atoms with Crippen molar-refractivity contribution in [3.63, 3.8) is 0 Å². The molecule has 0 saturated heterocycles. The molecule has 1 aliphatic rings. The molecule has 18 heavy (non-hydrogen) atoms. The summed E-state index contributed by atoms with van der Waals surface area (Å²) in [6.45, 7) is 1.11. The van der Waals surface area contributed by atoms with Crippen molar-refractivity contribution in [2.24, 2.45) is 11.8 Å². The second kappa shape index (κ2) is 6.79. The third-order valence-electron chi connectivity index (χ3n) is 4.05. The molecule has 1 aromatic carbocycles. The van der Waals surface area contributed by atoms with Gasteiger partial charge in [0.25, 0.3) is 0 Å². The SMILES string of the molecule is CNCC1CCCCC1Cc1cccc(Cl)c1Cl. The van der Waals surface area contributed by atoms with E-state index in [1.165, 1.54) is 31.2 Å². The molecule has 0 heterocycles. The van der Waals surface area contributed by atoms with Crippen LogP contribution in [0.25, 0.3) is 0 Å². The first kappa shape index (κ1) is 14.2. The average Bonchev–Trinajstić information content (AvgIpc) is 2.37. The van der Waals surface area contributed by atoms with Crippen LogP contribution >= 0.6 is 23.2 Å². The fourth-order valence-corrected chi connectivity index (χ4v) is 3.47. The van der Waals surface area contributed by atoms with Crippen molar-refractivity contribution in [2.45, 2.75) is 32.1 Å². The summed E-state index contributed by atoms with van der Waals surface area (Å²) < 4.78 is 0. The molecule has 1 aromatic rings. The number of benzene rings is 1. The summed E-state index contributed by atoms with van der Waals surface area (Å²) in [4.78, 5) is 0. The second-order valence-electron chi connectivity index (χ2n) is 5.28. The molecule has 1 N–H and O–H groups in total. The molecule has 3 heteroatoms. The number of nitrogens with one attached hydrogen (secondary N) is 1. The lowest BCUT2D eigenvalue weighted by Crippen LogP contribution is -2.30. The predicted octanol–water partition coefficient (Wildman–Crippen LogP) is 4.56. The van der Waals surface area contributed by atoms with Gasteiger partial charge in [-0.15, -0.1) is 0 Å². The molecule has 2 rings (SSSR count). The van der Waals surface area contributed by atoms with E-state index in [1.54, 1.807) is 0 Å². The van der Waals surface area contributed by atoms with Crippen LogP contribution in [0.5, 0.6) is 0 Å². The highest BCUT2D eigenvalue weighted by Gasteiger charge is 2.25. The molecule has 0 radical (unpaired) electrons. The molecule has 1 aliphatic carbocycles. The summed E-state index contributed by atoms with van der Waals surface area (Å²) in [5, 5.41) is 4.74. The van der Waals surface area contributed by atoms with Gasteiger partial charge in [-0.3, -0.25) is 0 Å². The molecular formula is C15H21Cl2N. The van der Waals surface area contributed by atoms with Crippen LogP contribution in [0.4, 0.5) is 0 Å². The summed E-state index contributed by atoms with van der Waals surface area (Å²) in [6, 6.07) is 5.97. The minimum Gasteiger partial charge on any atom is -0.319 e. The van der Waals surface area contributed by atoms with E-state index in [0.717, 1.165) is 29.8 Å². The molecule has 1 fully saturated rings. The fraction of sp³-hybridized carbons (Fsp3) is 0.600. The van der Waals surface area contributed by atoms with Crippen LogP contribution in [-0.4, -0.2) is 13.6 Å². The van der Waals surface area contributed by atoms with E-state index in [-0.39, 0.29) is 0 Å². The summed E-state index contributed by atoms with van der Waals surface area (Å²) >= 11 is 12.4. The Morgan fingerprint density at radius 1 is 1.17 bits per heavy atom. The van der Waals surface area contributed by atoms with E-state index in [9.17, 15) is 0 Å². The molecule has 1 saturated carbocycles. The zero-order valence-electron chi connectivity index (χ0n) is 10.9. The molecule has 0 spiro atoms. The smallest absolute Gasteiger partial charge is 0.0624 e. The standard InChI is InChI=1S/C15H21Cl2N/c1-18-10-13-6-3-2-5-11(13)9-12-7-4-8-14(16)15(12)17/h4,7-8,11,13,18H,2-3,5-6,9-10H2,1H3. The van der Waals surface area contributed by atoms with Crippen molar-refractivity contribution in [1.82, 2.24) is 5.32 Å². The van der Waals surface area contributed by atoms with Gasteiger partial charge in [-0.05, 0) is 56.3 Å². The Bertz CT molecular complexity index is 390. The maximum atomic E-state index is 6.29. The zero-order chi connectivity index (χ0) is 13.0. The van der Waals surface area contributed by atoms with Crippen molar-refractivity contribution in [3.8, 4) is 0 Å². The van der Waals surface area contributed by atoms with Gasteiger partial charge in [-0.2, -0.15) is 0 Å². The Balaban J connectivity index is 2.08. The van der Waals surface area contributed by atoms with Crippen LogP contribution in [0.15, 0.2) is 18.2 Å². The lowest BCUT2D eigenvalue weighted by atomic mass is 9.76. The van der Waals surface area contributed by atoms with Gasteiger partial charge < -0.3 is 5.32 Å². The first-order valence-electron chi connectivity index (χ1n) is 6.80. The van der Waals surface area contributed by atoms with Gasteiger partial charge in [-0.1, -0.05) is 48.2 Å². The monoisotopic (exact) mass is 285 g/mol. The van der Waals surface area contributed by atoms with Crippen LogP contribution in [0.2, 0.25) is 10.0 Å². The van der Waals surface area contributed by atoms with Crippen LogP contribution in [0, 0.1) is 11.8 Å². The van der Waals surface area contributed by atoms with Crippen LogP contribution in [0.3, 0.4) is 0 Å². The molecular weight excluding hydrogens is 265 g/mol. The van der Waals surface area contributed by atoms with E-state index in [2.05, 4.69) is 11.4 Å². The van der Waals surface area contributed by atoms with Gasteiger partial charge in [0.1, 0.15) is 0 Å². The van der Waals surface area contributed by atoms with Crippen molar-refractivity contribution >= 4 is 23.2 Å². The lowest BCUT2D eigenvalue weighted by molar-refractivity contribution is 0.232. The zero-order valence-corrected chi connectivity index (χ0v) is 12.4. The molecule has 0 aromatic heterocycles. The lowest BCUT2D eigenvalue weighted by Gasteiger charge is -2.31. The largest absolute Gasteiger partial charge is 0.319 e. The molecule has 1 nitrogen and oxygen atoms in total. The molecule has 2 unspecified atom stereocenters. The Morgan fingerprint density at radius 2 is 1.89 bits per heavy atom. The number of hydrogen-bond acceptors (Lipinski definition) is 1. The van der Waals surface area contributed by atoms with E-state index in [0.29, 0.717) is 5.02 Å². The third-order valence-corrected chi connectivity index (χ3v) is 4.90. The first-order valence-corrected chi connectivity index (χ1v) is 7.55. The Hall–Kier alpha value is -0.240. The van der Waals surface area contributed by atoms with Gasteiger partial charge in [0, 0.05) is 0 Å². The maximum Gasteiger partial charge on any atom is 0.0624 e. The minimum absolute atomic E-state index is 0.676. The highest BCUT2D eigenvalue weighted by molar-refractivity contribution is 6.42. The highest BCUT2D eigenvalue weighted by Crippen LogP contribution is 2.35. The van der Waals surface area contributed by atoms with Gasteiger partial charge in [0.2, 0.25) is 0 Å². The minimum atomic E-state index is 0.676. The third kappa shape index (κ3) is 3.40. The topological polar surface area (TPSA) is 12.0 Å². The Morgan fingerprint density at radius 3 is 2.61 bits per heavy atom. The quantitative estimate of drug-likeness (QED) is 0.855. The molecule has 0 bridgehead atoms. The van der Waals surface area contributed by atoms with Crippen molar-refractivity contribution < 1.29 is 0 Å². The molecule has 100 valence electrons. The number of hydrogen-bond donors (Lipinski definition) is 1. The summed E-state index contributed by atoms with van der Waals surface area (Å²) in [5.41, 5.74) is 1.21. The van der Waals surface area contributed by atoms with Crippen molar-refractivity contribution in [2.75, 3.05) is 13.6 Å². The molecule has 0 amide bonds. The van der Waals surface area contributed by atoms with Crippen LogP contribution in [0.1, 0.15) is 31.2 Å². The van der Waals surface area contributed by atoms with Crippen molar-refractivity contribution in [3.05, 3.63) is 33.8 Å². The maximum absolute atomic E-state index is 6.29. The summed E-state index contributed by atoms with van der Waals surface area (Å²) in [5.74, 6) is 1.51. The average molecular weight is 286 g/mol. The van der Waals surface area contributed by atoms with Gasteiger partial charge in [0.15, 0.2) is 0 Å². The normalized spacial score (nSPS) is 24.2. The van der Waals surface area contributed by atoms with Gasteiger partial charge >= 0.3 is 0 Å². The summed E-state index contributed by atoms with van der Waals surface area (Å²) in [6.07, 6.45) is 6.43. The first-order chi connectivity index (χ1) is 8.72. The van der Waals surface area contributed by atoms with E-state index >= 15 is 0 Å². The summed E-state index contributed by atoms with van der Waals surface area (Å²) in [7, 11) is 2.04. The van der Waals surface area contributed by atoms with Gasteiger partial charge in [0.05, 0.1) is 10.0 Å². The van der Waals surface area contributed by atoms with Gasteiger partial charge in [-0.25, -0.2) is 0 Å². The Labute approximate surface area is 120 Å². The highest BCUT2D eigenvalue weighted by atomic mass is 35.5. The van der Waals surface area contributed by atoms with E-state index in [1.807, 2.05) is 19.2 Å².